The van der Waals surface area contributed by atoms with Crippen LogP contribution < -0.4 is 4.74 Å². The van der Waals surface area contributed by atoms with E-state index < -0.39 is 12.0 Å². The van der Waals surface area contributed by atoms with Crippen molar-refractivity contribution in [2.45, 2.75) is 25.5 Å². The van der Waals surface area contributed by atoms with E-state index in [9.17, 15) is 4.79 Å². The minimum Gasteiger partial charge on any atom is -0.489 e. The van der Waals surface area contributed by atoms with Crippen molar-refractivity contribution in [2.24, 2.45) is 0 Å². The molecule has 0 radical (unpaired) electrons. The molecule has 0 spiro atoms. The second kappa shape index (κ2) is 5.99. The summed E-state index contributed by atoms with van der Waals surface area (Å²) in [4.78, 5) is 12.8. The number of benzene rings is 1. The number of carboxylic acid groups (broad SMARTS) is 1. The molecule has 1 aliphatic rings. The van der Waals surface area contributed by atoms with Crippen LogP contribution in [0.5, 0.6) is 5.75 Å². The molecule has 2 rings (SSSR count). The van der Waals surface area contributed by atoms with Crippen molar-refractivity contribution in [3.63, 3.8) is 0 Å². The number of aliphatic carboxylic acids is 1. The molecule has 104 valence electrons. The Morgan fingerprint density at radius 3 is 2.84 bits per heavy atom. The van der Waals surface area contributed by atoms with Gasteiger partial charge >= 0.3 is 5.97 Å². The van der Waals surface area contributed by atoms with E-state index in [0.717, 1.165) is 13.0 Å². The lowest BCUT2D eigenvalue weighted by atomic mass is 10.3. The van der Waals surface area contributed by atoms with Crippen LogP contribution in [-0.2, 0) is 4.79 Å². The fourth-order valence-electron chi connectivity index (χ4n) is 2.10. The van der Waals surface area contributed by atoms with Gasteiger partial charge in [0.1, 0.15) is 17.9 Å². The smallest absolute Gasteiger partial charge is 0.320 e. The molecule has 19 heavy (non-hydrogen) atoms. The average molecular weight is 304 g/mol. The predicted molar refractivity (Wildman–Crippen MR) is 74.2 cm³/mol. The summed E-state index contributed by atoms with van der Waals surface area (Å²) in [6.07, 6.45) is 0.789. The number of halogens is 2. The Balaban J connectivity index is 1.94. The molecule has 1 aromatic rings. The summed E-state index contributed by atoms with van der Waals surface area (Å²) in [7, 11) is 0. The van der Waals surface area contributed by atoms with Crippen molar-refractivity contribution in [3.8, 4) is 5.75 Å². The molecule has 1 aromatic carbocycles. The molecule has 0 saturated carbocycles. The third kappa shape index (κ3) is 3.53. The third-order valence-electron chi connectivity index (χ3n) is 3.28. The van der Waals surface area contributed by atoms with Crippen molar-refractivity contribution < 1.29 is 14.6 Å². The van der Waals surface area contributed by atoms with Crippen LogP contribution in [0.2, 0.25) is 10.0 Å². The summed E-state index contributed by atoms with van der Waals surface area (Å²) in [6.45, 7) is 3.01. The number of ether oxygens (including phenoxy) is 1. The minimum absolute atomic E-state index is 0.0148. The van der Waals surface area contributed by atoms with Crippen molar-refractivity contribution in [1.29, 1.82) is 0 Å². The molecule has 4 nitrogen and oxygen atoms in total. The summed E-state index contributed by atoms with van der Waals surface area (Å²) in [5.41, 5.74) is 0. The van der Waals surface area contributed by atoms with E-state index in [1.807, 2.05) is 4.90 Å². The van der Waals surface area contributed by atoms with E-state index in [-0.39, 0.29) is 6.10 Å². The SMILES string of the molecule is CC(C(=O)O)N1CCC(Oc2ccc(Cl)c(Cl)c2)C1. The van der Waals surface area contributed by atoms with E-state index in [1.54, 1.807) is 25.1 Å². The Kier molecular flexibility index (Phi) is 4.55. The summed E-state index contributed by atoms with van der Waals surface area (Å²) < 4.78 is 5.79. The molecule has 0 aliphatic carbocycles. The van der Waals surface area contributed by atoms with Crippen LogP contribution in [0, 0.1) is 0 Å². The fraction of sp³-hybridized carbons (Fsp3) is 0.462. The first-order valence-corrected chi connectivity index (χ1v) is 6.81. The molecular weight excluding hydrogens is 289 g/mol. The molecule has 1 aliphatic heterocycles. The van der Waals surface area contributed by atoms with Gasteiger partial charge in [0.25, 0.3) is 0 Å². The average Bonchev–Trinajstić information content (AvgIpc) is 2.81. The van der Waals surface area contributed by atoms with Gasteiger partial charge in [0.15, 0.2) is 0 Å². The third-order valence-corrected chi connectivity index (χ3v) is 4.01. The van der Waals surface area contributed by atoms with E-state index in [2.05, 4.69) is 0 Å². The van der Waals surface area contributed by atoms with Gasteiger partial charge in [0.05, 0.1) is 10.0 Å². The zero-order valence-corrected chi connectivity index (χ0v) is 12.0. The van der Waals surface area contributed by atoms with Gasteiger partial charge in [-0.1, -0.05) is 23.2 Å². The number of carboxylic acids is 1. The Bertz CT molecular complexity index is 481. The Morgan fingerprint density at radius 2 is 2.21 bits per heavy atom. The quantitative estimate of drug-likeness (QED) is 0.929. The monoisotopic (exact) mass is 303 g/mol. The van der Waals surface area contributed by atoms with Gasteiger partial charge in [-0.3, -0.25) is 9.69 Å². The predicted octanol–water partition coefficient (Wildman–Crippen LogP) is 2.92. The van der Waals surface area contributed by atoms with Gasteiger partial charge in [0.2, 0.25) is 0 Å². The standard InChI is InChI=1S/C13H15Cl2NO3/c1-8(13(17)18)16-5-4-10(7-16)19-9-2-3-11(14)12(15)6-9/h2-3,6,8,10H,4-5,7H2,1H3,(H,17,18). The van der Waals surface area contributed by atoms with Gasteiger partial charge in [-0.25, -0.2) is 0 Å². The molecule has 2 atom stereocenters. The van der Waals surface area contributed by atoms with E-state index >= 15 is 0 Å². The molecule has 6 heteroatoms. The van der Waals surface area contributed by atoms with Crippen LogP contribution in [0.4, 0.5) is 0 Å². The highest BCUT2D eigenvalue weighted by molar-refractivity contribution is 6.42. The second-order valence-corrected chi connectivity index (χ2v) is 5.43. The molecule has 1 N–H and O–H groups in total. The van der Waals surface area contributed by atoms with Gasteiger partial charge in [0, 0.05) is 19.2 Å². The summed E-state index contributed by atoms with van der Waals surface area (Å²) in [6, 6.07) is 4.64. The molecule has 2 unspecified atom stereocenters. The lowest BCUT2D eigenvalue weighted by molar-refractivity contribution is -0.142. The van der Waals surface area contributed by atoms with Gasteiger partial charge in [-0.05, 0) is 25.5 Å². The first-order chi connectivity index (χ1) is 8.97. The topological polar surface area (TPSA) is 49.8 Å². The second-order valence-electron chi connectivity index (χ2n) is 4.61. The van der Waals surface area contributed by atoms with Crippen molar-refractivity contribution in [1.82, 2.24) is 4.90 Å². The highest BCUT2D eigenvalue weighted by Gasteiger charge is 2.30. The van der Waals surface area contributed by atoms with E-state index in [0.29, 0.717) is 22.3 Å². The van der Waals surface area contributed by atoms with Crippen LogP contribution in [0.25, 0.3) is 0 Å². The Labute approximate surface area is 121 Å². The summed E-state index contributed by atoms with van der Waals surface area (Å²) >= 11 is 11.8. The van der Waals surface area contributed by atoms with E-state index in [4.69, 9.17) is 33.0 Å². The zero-order chi connectivity index (χ0) is 14.0. The molecule has 1 fully saturated rings. The summed E-state index contributed by atoms with van der Waals surface area (Å²) in [5.74, 6) is -0.153. The zero-order valence-electron chi connectivity index (χ0n) is 10.5. The molecule has 1 heterocycles. The van der Waals surface area contributed by atoms with Crippen LogP contribution in [0.3, 0.4) is 0 Å². The van der Waals surface area contributed by atoms with Crippen molar-refractivity contribution >= 4 is 29.2 Å². The van der Waals surface area contributed by atoms with Crippen molar-refractivity contribution in [2.75, 3.05) is 13.1 Å². The van der Waals surface area contributed by atoms with Gasteiger partial charge in [-0.2, -0.15) is 0 Å². The number of hydrogen-bond donors (Lipinski definition) is 1. The molecule has 0 aromatic heterocycles. The molecule has 0 bridgehead atoms. The normalized spacial score (nSPS) is 21.3. The molecular formula is C13H15Cl2NO3. The minimum atomic E-state index is -0.810. The largest absolute Gasteiger partial charge is 0.489 e. The first-order valence-electron chi connectivity index (χ1n) is 6.06. The van der Waals surface area contributed by atoms with Crippen molar-refractivity contribution in [3.05, 3.63) is 28.2 Å². The number of rotatable bonds is 4. The first kappa shape index (κ1) is 14.4. The van der Waals surface area contributed by atoms with Gasteiger partial charge in [-0.15, -0.1) is 0 Å². The maximum atomic E-state index is 10.9. The Morgan fingerprint density at radius 1 is 1.47 bits per heavy atom. The van der Waals surface area contributed by atoms with E-state index in [1.165, 1.54) is 0 Å². The lowest BCUT2D eigenvalue weighted by Gasteiger charge is -2.20. The van der Waals surface area contributed by atoms with Gasteiger partial charge < -0.3 is 9.84 Å². The maximum Gasteiger partial charge on any atom is 0.320 e. The van der Waals surface area contributed by atoms with Crippen LogP contribution in [0.1, 0.15) is 13.3 Å². The number of hydrogen-bond acceptors (Lipinski definition) is 3. The highest BCUT2D eigenvalue weighted by Crippen LogP contribution is 2.28. The highest BCUT2D eigenvalue weighted by atomic mass is 35.5. The number of likely N-dealkylation sites (tertiary alicyclic amines) is 1. The number of carbonyl (C=O) groups is 1. The number of nitrogens with zero attached hydrogens (tertiary/aromatic N) is 1. The van der Waals surface area contributed by atoms with Crippen LogP contribution >= 0.6 is 23.2 Å². The van der Waals surface area contributed by atoms with Crippen LogP contribution in [-0.4, -0.2) is 41.2 Å². The Hall–Kier alpha value is -0.970. The molecule has 1 saturated heterocycles. The van der Waals surface area contributed by atoms with Crippen LogP contribution in [0.15, 0.2) is 18.2 Å². The molecule has 0 amide bonds. The lowest BCUT2D eigenvalue weighted by Crippen LogP contribution is -2.38. The summed E-state index contributed by atoms with van der Waals surface area (Å²) in [5, 5.41) is 9.91. The fourth-order valence-corrected chi connectivity index (χ4v) is 2.39. The maximum absolute atomic E-state index is 10.9.